The first kappa shape index (κ1) is 27.2. The van der Waals surface area contributed by atoms with Crippen LogP contribution in [0, 0.1) is 6.92 Å². The highest BCUT2D eigenvalue weighted by atomic mass is 35.5. The van der Waals surface area contributed by atoms with Crippen molar-refractivity contribution in [3.05, 3.63) is 55.9 Å². The van der Waals surface area contributed by atoms with Crippen molar-refractivity contribution in [2.45, 2.75) is 44.6 Å². The minimum absolute atomic E-state index is 0.0106. The van der Waals surface area contributed by atoms with Crippen molar-refractivity contribution < 1.29 is 27.4 Å². The third kappa shape index (κ3) is 6.51. The van der Waals surface area contributed by atoms with Crippen LogP contribution in [0.2, 0.25) is 5.02 Å². The van der Waals surface area contributed by atoms with Gasteiger partial charge < -0.3 is 10.0 Å². The molecule has 0 bridgehead atoms. The number of thioether (sulfide) groups is 1. The summed E-state index contributed by atoms with van der Waals surface area (Å²) in [5.41, 5.74) is 3.13. The van der Waals surface area contributed by atoms with Crippen molar-refractivity contribution in [3.8, 4) is 0 Å². The predicted octanol–water partition coefficient (Wildman–Crippen LogP) is 6.21. The Labute approximate surface area is 227 Å². The number of thiophene rings is 1. The van der Waals surface area contributed by atoms with Gasteiger partial charge in [0.05, 0.1) is 22.9 Å². The van der Waals surface area contributed by atoms with Gasteiger partial charge >= 0.3 is 5.97 Å². The van der Waals surface area contributed by atoms with Crippen LogP contribution in [0.1, 0.15) is 36.8 Å². The molecule has 1 aliphatic rings. The summed E-state index contributed by atoms with van der Waals surface area (Å²) < 4.78 is 34.6. The number of unbranched alkanes of at least 4 members (excludes halogenated alkanes) is 1. The average Bonchev–Trinajstić information content (AvgIpc) is 3.42. The third-order valence-electron chi connectivity index (χ3n) is 5.60. The maximum Gasteiger partial charge on any atom is 0.305 e. The zero-order valence-corrected chi connectivity index (χ0v) is 23.8. The van der Waals surface area contributed by atoms with Crippen LogP contribution in [0.5, 0.6) is 0 Å². The Kier molecular flexibility index (Phi) is 8.48. The van der Waals surface area contributed by atoms with Crippen molar-refractivity contribution in [2.75, 3.05) is 17.2 Å². The molecule has 0 atom stereocenters. The van der Waals surface area contributed by atoms with Crippen molar-refractivity contribution in [3.63, 3.8) is 0 Å². The number of anilines is 1. The van der Waals surface area contributed by atoms with E-state index in [-0.39, 0.29) is 12.2 Å². The Hall–Kier alpha value is -1.89. The summed E-state index contributed by atoms with van der Waals surface area (Å²) in [7, 11) is -3.96. The molecule has 0 radical (unpaired) electrons. The molecular formula is C24H26ClN2O5S4+. The van der Waals surface area contributed by atoms with Gasteiger partial charge in [0.15, 0.2) is 6.54 Å². The number of nitrogens with zero attached hydrogens (tertiary/aromatic N) is 2. The SMILES string of the molecule is CC(=Cc1sc2c(C)csc2[n+]1CCCCS(=O)(=O)O)C=C1Sc2ccc(Cl)cc2N1CCC(=O)O. The second-order valence-electron chi connectivity index (χ2n) is 8.52. The fraction of sp³-hybridized carbons (Fsp3) is 0.333. The third-order valence-corrected chi connectivity index (χ3v) is 10.3. The highest BCUT2D eigenvalue weighted by Crippen LogP contribution is 2.47. The maximum absolute atomic E-state index is 11.3. The van der Waals surface area contributed by atoms with E-state index in [0.717, 1.165) is 31.0 Å². The molecule has 1 aliphatic heterocycles. The van der Waals surface area contributed by atoms with E-state index in [4.69, 9.17) is 16.2 Å². The molecule has 0 fully saturated rings. The van der Waals surface area contributed by atoms with Gasteiger partial charge in [0.1, 0.15) is 4.70 Å². The minimum atomic E-state index is -3.96. The van der Waals surface area contributed by atoms with Crippen LogP contribution in [-0.2, 0) is 21.5 Å². The van der Waals surface area contributed by atoms with Gasteiger partial charge in [0.2, 0.25) is 0 Å². The van der Waals surface area contributed by atoms with E-state index in [0.29, 0.717) is 31.0 Å². The number of thiazole rings is 1. The number of carboxylic acids is 1. The van der Waals surface area contributed by atoms with Crippen molar-refractivity contribution >= 4 is 83.4 Å². The number of hydrogen-bond donors (Lipinski definition) is 2. The highest BCUT2D eigenvalue weighted by molar-refractivity contribution is 8.03. The summed E-state index contributed by atoms with van der Waals surface area (Å²) in [5, 5.41) is 14.0. The molecule has 0 amide bonds. The number of aromatic nitrogens is 1. The normalized spacial score (nSPS) is 15.3. The lowest BCUT2D eigenvalue weighted by molar-refractivity contribution is -0.667. The molecule has 12 heteroatoms. The molecule has 36 heavy (non-hydrogen) atoms. The topological polar surface area (TPSA) is 98.8 Å². The highest BCUT2D eigenvalue weighted by Gasteiger charge is 2.27. The van der Waals surface area contributed by atoms with E-state index in [9.17, 15) is 18.3 Å². The number of fused-ring (bicyclic) bond motifs is 2. The second kappa shape index (κ2) is 11.2. The standard InChI is InChI=1S/C24H25ClN2O5S4/c1-15(11-20-26(9-7-22(28)29)18-13-17(25)5-6-19(18)34-20)12-21-27(8-3-4-10-36(30,31)32)24-23(35-21)16(2)14-33-24/h5-6,11-14H,3-4,7-10H2,1-2H3,(H-,28,29,30,31,32)/p+1. The summed E-state index contributed by atoms with van der Waals surface area (Å²) in [6.07, 6.45) is 5.19. The molecule has 0 saturated heterocycles. The fourth-order valence-corrected chi connectivity index (χ4v) is 8.39. The first-order valence-corrected chi connectivity index (χ1v) is 15.7. The van der Waals surface area contributed by atoms with Gasteiger partial charge in [-0.15, -0.1) is 0 Å². The molecule has 2 aromatic heterocycles. The van der Waals surface area contributed by atoms with Crippen molar-refractivity contribution in [2.24, 2.45) is 0 Å². The smallest absolute Gasteiger partial charge is 0.305 e. The molecule has 0 unspecified atom stereocenters. The molecule has 2 N–H and O–H groups in total. The van der Waals surface area contributed by atoms with E-state index < -0.39 is 16.1 Å². The van der Waals surface area contributed by atoms with Crippen LogP contribution in [-0.4, -0.2) is 36.3 Å². The van der Waals surface area contributed by atoms with E-state index in [1.807, 2.05) is 30.0 Å². The molecular weight excluding hydrogens is 560 g/mol. The van der Waals surface area contributed by atoms with Crippen LogP contribution < -0.4 is 9.47 Å². The number of aliphatic carboxylic acids is 1. The molecule has 7 nitrogen and oxygen atoms in total. The first-order chi connectivity index (χ1) is 17.0. The van der Waals surface area contributed by atoms with Crippen LogP contribution in [0.25, 0.3) is 15.6 Å². The van der Waals surface area contributed by atoms with Gasteiger partial charge in [-0.3, -0.25) is 9.35 Å². The average molecular weight is 586 g/mol. The maximum atomic E-state index is 11.3. The largest absolute Gasteiger partial charge is 0.481 e. The van der Waals surface area contributed by atoms with Gasteiger partial charge in [0, 0.05) is 34.3 Å². The Morgan fingerprint density at radius 2 is 2.06 bits per heavy atom. The molecule has 0 saturated carbocycles. The summed E-state index contributed by atoms with van der Waals surface area (Å²) in [4.78, 5) is 15.4. The summed E-state index contributed by atoms with van der Waals surface area (Å²) in [6, 6.07) is 5.65. The van der Waals surface area contributed by atoms with E-state index in [1.165, 1.54) is 10.3 Å². The summed E-state index contributed by atoms with van der Waals surface area (Å²) in [5.74, 6) is -1.10. The summed E-state index contributed by atoms with van der Waals surface area (Å²) >= 11 is 11.2. The predicted molar refractivity (Wildman–Crippen MR) is 149 cm³/mol. The Morgan fingerprint density at radius 3 is 2.78 bits per heavy atom. The molecule has 0 spiro atoms. The lowest BCUT2D eigenvalue weighted by atomic mass is 10.2. The second-order valence-corrected chi connectivity index (χ2v) is 13.5. The van der Waals surface area contributed by atoms with Crippen LogP contribution in [0.4, 0.5) is 5.69 Å². The number of carboxylic acid groups (broad SMARTS) is 1. The van der Waals surface area contributed by atoms with Crippen molar-refractivity contribution in [1.29, 1.82) is 0 Å². The molecule has 3 heterocycles. The van der Waals surface area contributed by atoms with E-state index >= 15 is 0 Å². The number of hydrogen-bond acceptors (Lipinski definition) is 7. The molecule has 3 aromatic rings. The number of benzene rings is 1. The van der Waals surface area contributed by atoms with Gasteiger partial charge in [-0.25, -0.2) is 0 Å². The van der Waals surface area contributed by atoms with E-state index in [2.05, 4.69) is 29.0 Å². The number of aryl methyl sites for hydroxylation is 2. The quantitative estimate of drug-likeness (QED) is 0.166. The number of carbonyl (C=O) groups is 1. The Bertz CT molecular complexity index is 1470. The zero-order valence-electron chi connectivity index (χ0n) is 19.7. The lowest BCUT2D eigenvalue weighted by Crippen LogP contribution is -2.34. The molecule has 4 rings (SSSR count). The first-order valence-electron chi connectivity index (χ1n) is 11.2. The lowest BCUT2D eigenvalue weighted by Gasteiger charge is -2.19. The number of halogens is 1. The molecule has 192 valence electrons. The van der Waals surface area contributed by atoms with Crippen LogP contribution >= 0.6 is 46.0 Å². The zero-order chi connectivity index (χ0) is 26.0. The van der Waals surface area contributed by atoms with Gasteiger partial charge in [-0.1, -0.05) is 46.0 Å². The minimum Gasteiger partial charge on any atom is -0.481 e. The van der Waals surface area contributed by atoms with Crippen LogP contribution in [0.15, 0.2) is 45.2 Å². The monoisotopic (exact) mass is 585 g/mol. The molecule has 0 aliphatic carbocycles. The van der Waals surface area contributed by atoms with E-state index in [1.54, 1.807) is 34.4 Å². The van der Waals surface area contributed by atoms with Crippen molar-refractivity contribution in [1.82, 2.24) is 0 Å². The summed E-state index contributed by atoms with van der Waals surface area (Å²) in [6.45, 7) is 5.09. The van der Waals surface area contributed by atoms with Gasteiger partial charge in [-0.05, 0) is 55.7 Å². The number of allylic oxidation sites excluding steroid dienone is 2. The number of rotatable bonds is 10. The van der Waals surface area contributed by atoms with Gasteiger partial charge in [-0.2, -0.15) is 13.0 Å². The Balaban J connectivity index is 1.63. The Morgan fingerprint density at radius 1 is 1.28 bits per heavy atom. The fourth-order valence-electron chi connectivity index (χ4n) is 3.91. The molecule has 1 aromatic carbocycles. The van der Waals surface area contributed by atoms with Gasteiger partial charge in [0.25, 0.3) is 20.0 Å². The van der Waals surface area contributed by atoms with Crippen LogP contribution in [0.3, 0.4) is 0 Å².